The SMILES string of the molecule is CCOC1C2CC1CN(CCCN)C2. The molecule has 1 saturated carbocycles. The van der Waals surface area contributed by atoms with E-state index in [2.05, 4.69) is 11.8 Å². The standard InChI is InChI=1S/C11H22N2O/c1-2-14-11-9-6-10(11)8-13(7-9)5-3-4-12/h9-11H,2-8,12H2,1H3. The van der Waals surface area contributed by atoms with E-state index in [4.69, 9.17) is 10.5 Å². The fraction of sp³-hybridized carbons (Fsp3) is 1.00. The lowest BCUT2D eigenvalue weighted by Gasteiger charge is -2.53. The van der Waals surface area contributed by atoms with Crippen LogP contribution in [-0.4, -0.2) is 43.8 Å². The third kappa shape index (κ3) is 1.95. The molecule has 2 atom stereocenters. The van der Waals surface area contributed by atoms with Gasteiger partial charge in [-0.2, -0.15) is 0 Å². The topological polar surface area (TPSA) is 38.5 Å². The van der Waals surface area contributed by atoms with Crippen LogP contribution in [0.1, 0.15) is 19.8 Å². The molecule has 0 radical (unpaired) electrons. The van der Waals surface area contributed by atoms with Crippen molar-refractivity contribution in [2.45, 2.75) is 25.9 Å². The molecule has 82 valence electrons. The summed E-state index contributed by atoms with van der Waals surface area (Å²) in [5.41, 5.74) is 5.52. The zero-order valence-corrected chi connectivity index (χ0v) is 9.11. The van der Waals surface area contributed by atoms with Crippen molar-refractivity contribution in [1.29, 1.82) is 0 Å². The molecule has 3 nitrogen and oxygen atoms in total. The van der Waals surface area contributed by atoms with Gasteiger partial charge in [0.15, 0.2) is 0 Å². The maximum absolute atomic E-state index is 5.75. The van der Waals surface area contributed by atoms with E-state index in [-0.39, 0.29) is 0 Å². The molecule has 3 heteroatoms. The number of hydrogen-bond donors (Lipinski definition) is 1. The van der Waals surface area contributed by atoms with Crippen molar-refractivity contribution in [2.75, 3.05) is 32.8 Å². The van der Waals surface area contributed by atoms with Crippen molar-refractivity contribution in [3.8, 4) is 0 Å². The summed E-state index contributed by atoms with van der Waals surface area (Å²) < 4.78 is 5.75. The first-order chi connectivity index (χ1) is 6.85. The second-order valence-electron chi connectivity index (χ2n) is 4.58. The van der Waals surface area contributed by atoms with Crippen LogP contribution >= 0.6 is 0 Å². The van der Waals surface area contributed by atoms with E-state index in [1.54, 1.807) is 0 Å². The first-order valence-electron chi connectivity index (χ1n) is 5.89. The van der Waals surface area contributed by atoms with Crippen LogP contribution in [-0.2, 0) is 4.74 Å². The van der Waals surface area contributed by atoms with Crippen LogP contribution in [0.15, 0.2) is 0 Å². The summed E-state index contributed by atoms with van der Waals surface area (Å²) in [6.07, 6.45) is 3.11. The molecular weight excluding hydrogens is 176 g/mol. The Morgan fingerprint density at radius 2 is 2.07 bits per heavy atom. The van der Waals surface area contributed by atoms with Crippen molar-refractivity contribution in [1.82, 2.24) is 4.90 Å². The van der Waals surface area contributed by atoms with Crippen molar-refractivity contribution < 1.29 is 4.74 Å². The predicted molar refractivity (Wildman–Crippen MR) is 57.1 cm³/mol. The highest BCUT2D eigenvalue weighted by atomic mass is 16.5. The monoisotopic (exact) mass is 198 g/mol. The van der Waals surface area contributed by atoms with Crippen LogP contribution in [0.5, 0.6) is 0 Å². The molecule has 14 heavy (non-hydrogen) atoms. The minimum atomic E-state index is 0.578. The molecule has 2 heterocycles. The lowest BCUT2D eigenvalue weighted by molar-refractivity contribution is -0.140. The quantitative estimate of drug-likeness (QED) is 0.706. The van der Waals surface area contributed by atoms with Gasteiger partial charge < -0.3 is 15.4 Å². The fourth-order valence-electron chi connectivity index (χ4n) is 2.90. The van der Waals surface area contributed by atoms with Gasteiger partial charge in [-0.3, -0.25) is 0 Å². The average Bonchev–Trinajstić information content (AvgIpc) is 2.23. The molecule has 2 saturated heterocycles. The Kier molecular flexibility index (Phi) is 3.42. The lowest BCUT2D eigenvalue weighted by Crippen LogP contribution is -2.59. The van der Waals surface area contributed by atoms with E-state index in [0.717, 1.165) is 31.4 Å². The third-order valence-corrected chi connectivity index (χ3v) is 3.56. The van der Waals surface area contributed by atoms with Crippen LogP contribution in [0.3, 0.4) is 0 Å². The molecule has 2 N–H and O–H groups in total. The van der Waals surface area contributed by atoms with Gasteiger partial charge in [-0.15, -0.1) is 0 Å². The normalized spacial score (nSPS) is 36.9. The summed E-state index contributed by atoms with van der Waals surface area (Å²) in [7, 11) is 0. The van der Waals surface area contributed by atoms with Crippen molar-refractivity contribution in [3.05, 3.63) is 0 Å². The molecule has 0 aromatic rings. The first-order valence-corrected chi connectivity index (χ1v) is 5.89. The summed E-state index contributed by atoms with van der Waals surface area (Å²) >= 11 is 0. The van der Waals surface area contributed by atoms with Crippen molar-refractivity contribution in [2.24, 2.45) is 17.6 Å². The van der Waals surface area contributed by atoms with E-state index in [0.29, 0.717) is 6.10 Å². The molecule has 2 bridgehead atoms. The molecule has 0 aromatic heterocycles. The Balaban J connectivity index is 1.74. The summed E-state index contributed by atoms with van der Waals surface area (Å²) in [5.74, 6) is 1.62. The molecular formula is C11H22N2O. The van der Waals surface area contributed by atoms with Crippen LogP contribution < -0.4 is 5.73 Å². The highest BCUT2D eigenvalue weighted by Gasteiger charge is 2.46. The van der Waals surface area contributed by atoms with Gasteiger partial charge in [-0.25, -0.2) is 0 Å². The Morgan fingerprint density at radius 1 is 1.36 bits per heavy atom. The Bertz CT molecular complexity index is 174. The Morgan fingerprint density at radius 3 is 2.64 bits per heavy atom. The van der Waals surface area contributed by atoms with Crippen LogP contribution in [0.2, 0.25) is 0 Å². The van der Waals surface area contributed by atoms with E-state index in [9.17, 15) is 0 Å². The Labute approximate surface area is 86.6 Å². The van der Waals surface area contributed by atoms with Gasteiger partial charge >= 0.3 is 0 Å². The highest BCUT2D eigenvalue weighted by Crippen LogP contribution is 2.41. The number of nitrogens with two attached hydrogens (primary N) is 1. The van der Waals surface area contributed by atoms with Crippen molar-refractivity contribution >= 4 is 0 Å². The minimum Gasteiger partial charge on any atom is -0.378 e. The van der Waals surface area contributed by atoms with E-state index >= 15 is 0 Å². The highest BCUT2D eigenvalue weighted by molar-refractivity contribution is 4.98. The van der Waals surface area contributed by atoms with Gasteiger partial charge in [0.05, 0.1) is 6.10 Å². The fourth-order valence-corrected chi connectivity index (χ4v) is 2.90. The number of piperidine rings is 2. The predicted octanol–water partition coefficient (Wildman–Crippen LogP) is 0.692. The molecule has 3 rings (SSSR count). The molecule has 1 aliphatic carbocycles. The maximum atomic E-state index is 5.75. The molecule has 0 aromatic carbocycles. The summed E-state index contributed by atoms with van der Waals surface area (Å²) in [6.45, 7) is 7.45. The Hall–Kier alpha value is -0.120. The molecule has 2 aliphatic heterocycles. The average molecular weight is 198 g/mol. The molecule has 0 amide bonds. The van der Waals surface area contributed by atoms with Crippen molar-refractivity contribution in [3.63, 3.8) is 0 Å². The van der Waals surface area contributed by atoms with Crippen LogP contribution in [0, 0.1) is 11.8 Å². The number of rotatable bonds is 5. The molecule has 2 unspecified atom stereocenters. The van der Waals surface area contributed by atoms with Crippen LogP contribution in [0.4, 0.5) is 0 Å². The summed E-state index contributed by atoms with van der Waals surface area (Å²) in [5, 5.41) is 0. The third-order valence-electron chi connectivity index (χ3n) is 3.56. The van der Waals surface area contributed by atoms with Crippen LogP contribution in [0.25, 0.3) is 0 Å². The minimum absolute atomic E-state index is 0.578. The first kappa shape index (κ1) is 10.4. The van der Waals surface area contributed by atoms with E-state index in [1.165, 1.54) is 26.1 Å². The van der Waals surface area contributed by atoms with Gasteiger partial charge in [0.1, 0.15) is 0 Å². The second kappa shape index (κ2) is 4.60. The van der Waals surface area contributed by atoms with Gasteiger partial charge in [0.2, 0.25) is 0 Å². The zero-order chi connectivity index (χ0) is 9.97. The van der Waals surface area contributed by atoms with E-state index < -0.39 is 0 Å². The van der Waals surface area contributed by atoms with Gasteiger partial charge in [-0.1, -0.05) is 0 Å². The maximum Gasteiger partial charge on any atom is 0.0655 e. The summed E-state index contributed by atoms with van der Waals surface area (Å²) in [4.78, 5) is 2.56. The molecule has 3 aliphatic rings. The smallest absolute Gasteiger partial charge is 0.0655 e. The number of ether oxygens (including phenoxy) is 1. The molecule has 0 spiro atoms. The number of hydrogen-bond acceptors (Lipinski definition) is 3. The van der Waals surface area contributed by atoms with Gasteiger partial charge in [0.25, 0.3) is 0 Å². The number of nitrogens with zero attached hydrogens (tertiary/aromatic N) is 1. The van der Waals surface area contributed by atoms with Gasteiger partial charge in [0, 0.05) is 19.7 Å². The van der Waals surface area contributed by atoms with Gasteiger partial charge in [-0.05, 0) is 44.7 Å². The second-order valence-corrected chi connectivity index (χ2v) is 4.58. The summed E-state index contributed by atoms with van der Waals surface area (Å²) in [6, 6.07) is 0. The largest absolute Gasteiger partial charge is 0.378 e. The van der Waals surface area contributed by atoms with E-state index in [1.807, 2.05) is 0 Å². The lowest BCUT2D eigenvalue weighted by atomic mass is 9.68. The zero-order valence-electron chi connectivity index (χ0n) is 9.11. The molecule has 3 fully saturated rings. The number of fused-ring (bicyclic) bond motifs is 2.